The van der Waals surface area contributed by atoms with Crippen molar-refractivity contribution in [2.24, 2.45) is 0 Å². The van der Waals surface area contributed by atoms with E-state index in [2.05, 4.69) is 10.6 Å². The van der Waals surface area contributed by atoms with Crippen LogP contribution in [-0.2, 0) is 9.53 Å². The van der Waals surface area contributed by atoms with E-state index in [1.165, 1.54) is 25.3 Å². The molecule has 4 nitrogen and oxygen atoms in total. The van der Waals surface area contributed by atoms with Crippen LogP contribution in [0.1, 0.15) is 18.5 Å². The Balaban J connectivity index is 2.47. The molecule has 0 spiro atoms. The maximum absolute atomic E-state index is 13.5. The number of benzene rings is 1. The van der Waals surface area contributed by atoms with Crippen LogP contribution in [-0.4, -0.2) is 32.7 Å². The van der Waals surface area contributed by atoms with Gasteiger partial charge in [0.1, 0.15) is 11.6 Å². The maximum atomic E-state index is 13.5. The van der Waals surface area contributed by atoms with Crippen molar-refractivity contribution >= 4 is 5.91 Å². The van der Waals surface area contributed by atoms with E-state index < -0.39 is 17.7 Å². The smallest absolute Gasteiger partial charge is 0.234 e. The van der Waals surface area contributed by atoms with Gasteiger partial charge in [0, 0.05) is 25.3 Å². The Bertz CT molecular complexity index is 407. The first-order chi connectivity index (χ1) is 9.06. The minimum absolute atomic E-state index is 0.0152. The summed E-state index contributed by atoms with van der Waals surface area (Å²) in [5.74, 6) is -1.50. The van der Waals surface area contributed by atoms with Crippen molar-refractivity contribution in [1.29, 1.82) is 0 Å². The van der Waals surface area contributed by atoms with Gasteiger partial charge in [-0.05, 0) is 19.1 Å². The Morgan fingerprint density at radius 1 is 1.37 bits per heavy atom. The number of nitrogens with one attached hydrogen (secondary N) is 2. The molecule has 1 amide bonds. The molecule has 0 saturated heterocycles. The van der Waals surface area contributed by atoms with Crippen LogP contribution in [0.3, 0.4) is 0 Å². The summed E-state index contributed by atoms with van der Waals surface area (Å²) in [6.45, 7) is 2.41. The van der Waals surface area contributed by atoms with Crippen molar-refractivity contribution in [2.75, 3.05) is 26.8 Å². The number of hydrogen-bond donors (Lipinski definition) is 2. The predicted octanol–water partition coefficient (Wildman–Crippen LogP) is 1.38. The topological polar surface area (TPSA) is 50.4 Å². The van der Waals surface area contributed by atoms with Gasteiger partial charge in [0.2, 0.25) is 5.91 Å². The molecule has 0 bridgehead atoms. The molecule has 1 atom stereocenters. The molecule has 1 unspecified atom stereocenters. The van der Waals surface area contributed by atoms with Crippen LogP contribution in [0.4, 0.5) is 8.78 Å². The molecule has 0 saturated carbocycles. The van der Waals surface area contributed by atoms with Gasteiger partial charge in [0.25, 0.3) is 0 Å². The standard InChI is InChI=1S/C13H18F2N2O2/c1-9(13-10(14)4-3-5-11(13)15)17-8-12(18)16-6-7-19-2/h3-5,9,17H,6-8H2,1-2H3,(H,16,18). The zero-order chi connectivity index (χ0) is 14.3. The van der Waals surface area contributed by atoms with Crippen LogP contribution >= 0.6 is 0 Å². The van der Waals surface area contributed by atoms with Gasteiger partial charge >= 0.3 is 0 Å². The van der Waals surface area contributed by atoms with E-state index in [0.717, 1.165) is 0 Å². The number of carbonyl (C=O) groups excluding carboxylic acids is 1. The largest absolute Gasteiger partial charge is 0.383 e. The molecule has 0 fully saturated rings. The van der Waals surface area contributed by atoms with Crippen LogP contribution < -0.4 is 10.6 Å². The first-order valence-corrected chi connectivity index (χ1v) is 5.99. The van der Waals surface area contributed by atoms with E-state index in [9.17, 15) is 13.6 Å². The van der Waals surface area contributed by atoms with Gasteiger partial charge in [-0.25, -0.2) is 8.78 Å². The lowest BCUT2D eigenvalue weighted by molar-refractivity contribution is -0.120. The Hall–Kier alpha value is -1.53. The molecule has 0 aromatic heterocycles. The molecule has 6 heteroatoms. The van der Waals surface area contributed by atoms with Gasteiger partial charge in [-0.2, -0.15) is 0 Å². The van der Waals surface area contributed by atoms with Crippen molar-refractivity contribution in [3.05, 3.63) is 35.4 Å². The molecule has 19 heavy (non-hydrogen) atoms. The van der Waals surface area contributed by atoms with Crippen molar-refractivity contribution in [3.63, 3.8) is 0 Å². The second-order valence-electron chi connectivity index (χ2n) is 4.08. The molecule has 1 rings (SSSR count). The average molecular weight is 272 g/mol. The van der Waals surface area contributed by atoms with E-state index in [4.69, 9.17) is 4.74 Å². The summed E-state index contributed by atoms with van der Waals surface area (Å²) >= 11 is 0. The first-order valence-electron chi connectivity index (χ1n) is 5.99. The SMILES string of the molecule is COCCNC(=O)CNC(C)c1c(F)cccc1F. The molecule has 0 aliphatic carbocycles. The fourth-order valence-electron chi connectivity index (χ4n) is 1.63. The highest BCUT2D eigenvalue weighted by Gasteiger charge is 2.16. The Morgan fingerprint density at radius 3 is 2.58 bits per heavy atom. The Morgan fingerprint density at radius 2 is 2.00 bits per heavy atom. The lowest BCUT2D eigenvalue weighted by atomic mass is 10.1. The molecular weight excluding hydrogens is 254 g/mol. The summed E-state index contributed by atoms with van der Waals surface area (Å²) in [6, 6.07) is 3.09. The Kier molecular flexibility index (Phi) is 6.38. The van der Waals surface area contributed by atoms with Crippen molar-refractivity contribution in [3.8, 4) is 0 Å². The summed E-state index contributed by atoms with van der Waals surface area (Å²) in [6.07, 6.45) is 0. The van der Waals surface area contributed by atoms with Gasteiger partial charge in [-0.15, -0.1) is 0 Å². The van der Waals surface area contributed by atoms with Crippen molar-refractivity contribution < 1.29 is 18.3 Å². The first kappa shape index (κ1) is 15.5. The highest BCUT2D eigenvalue weighted by molar-refractivity contribution is 5.78. The zero-order valence-corrected chi connectivity index (χ0v) is 11.0. The number of ether oxygens (including phenoxy) is 1. The number of carbonyl (C=O) groups is 1. The van der Waals surface area contributed by atoms with Crippen LogP contribution in [0.5, 0.6) is 0 Å². The number of hydrogen-bond acceptors (Lipinski definition) is 3. The normalized spacial score (nSPS) is 12.2. The van der Waals surface area contributed by atoms with E-state index in [1.54, 1.807) is 6.92 Å². The average Bonchev–Trinajstić information content (AvgIpc) is 2.36. The van der Waals surface area contributed by atoms with Gasteiger partial charge in [-0.3, -0.25) is 4.79 Å². The lowest BCUT2D eigenvalue weighted by Gasteiger charge is -2.15. The third-order valence-corrected chi connectivity index (χ3v) is 2.63. The third-order valence-electron chi connectivity index (χ3n) is 2.63. The van der Waals surface area contributed by atoms with Gasteiger partial charge < -0.3 is 15.4 Å². The van der Waals surface area contributed by atoms with E-state index >= 15 is 0 Å². The summed E-state index contributed by atoms with van der Waals surface area (Å²) in [4.78, 5) is 11.4. The highest BCUT2D eigenvalue weighted by Crippen LogP contribution is 2.19. The lowest BCUT2D eigenvalue weighted by Crippen LogP contribution is -2.36. The number of amides is 1. The second-order valence-corrected chi connectivity index (χ2v) is 4.08. The predicted molar refractivity (Wildman–Crippen MR) is 67.7 cm³/mol. The van der Waals surface area contributed by atoms with Crippen LogP contribution in [0.15, 0.2) is 18.2 Å². The molecule has 0 heterocycles. The van der Waals surface area contributed by atoms with Gasteiger partial charge in [-0.1, -0.05) is 6.07 Å². The minimum atomic E-state index is -0.625. The molecular formula is C13H18F2N2O2. The molecule has 2 N–H and O–H groups in total. The molecule has 106 valence electrons. The highest BCUT2D eigenvalue weighted by atomic mass is 19.1. The van der Waals surface area contributed by atoms with Crippen LogP contribution in [0.25, 0.3) is 0 Å². The quantitative estimate of drug-likeness (QED) is 0.737. The third kappa shape index (κ3) is 4.92. The van der Waals surface area contributed by atoms with Gasteiger partial charge in [0.15, 0.2) is 0 Å². The fraction of sp³-hybridized carbons (Fsp3) is 0.462. The van der Waals surface area contributed by atoms with E-state index in [0.29, 0.717) is 13.2 Å². The monoisotopic (exact) mass is 272 g/mol. The zero-order valence-electron chi connectivity index (χ0n) is 11.0. The number of halogens is 2. The number of methoxy groups -OCH3 is 1. The fourth-order valence-corrected chi connectivity index (χ4v) is 1.63. The summed E-state index contributed by atoms with van der Waals surface area (Å²) in [5, 5.41) is 5.38. The van der Waals surface area contributed by atoms with Crippen LogP contribution in [0.2, 0.25) is 0 Å². The summed E-state index contributed by atoms with van der Waals surface area (Å²) in [5.41, 5.74) is -0.0628. The van der Waals surface area contributed by atoms with Gasteiger partial charge in [0.05, 0.1) is 13.2 Å². The Labute approximate surface area is 111 Å². The minimum Gasteiger partial charge on any atom is -0.383 e. The maximum Gasteiger partial charge on any atom is 0.234 e. The van der Waals surface area contributed by atoms with E-state index in [1.807, 2.05) is 0 Å². The second kappa shape index (κ2) is 7.81. The van der Waals surface area contributed by atoms with Crippen LogP contribution in [0, 0.1) is 11.6 Å². The molecule has 1 aromatic carbocycles. The van der Waals surface area contributed by atoms with E-state index in [-0.39, 0.29) is 18.0 Å². The number of rotatable bonds is 7. The summed E-state index contributed by atoms with van der Waals surface area (Å²) in [7, 11) is 1.54. The molecule has 0 aliphatic heterocycles. The molecule has 0 aliphatic rings. The van der Waals surface area contributed by atoms with Crippen molar-refractivity contribution in [1.82, 2.24) is 10.6 Å². The summed E-state index contributed by atoms with van der Waals surface area (Å²) < 4.78 is 31.7. The van der Waals surface area contributed by atoms with Crippen molar-refractivity contribution in [2.45, 2.75) is 13.0 Å². The molecule has 1 aromatic rings. The molecule has 0 radical (unpaired) electrons.